The smallest absolute Gasteiger partial charge is 0.244 e. The fourth-order valence-electron chi connectivity index (χ4n) is 3.33. The number of nitrogens with one attached hydrogen (secondary N) is 1. The maximum Gasteiger partial charge on any atom is 0.244 e. The summed E-state index contributed by atoms with van der Waals surface area (Å²) in [7, 11) is 0. The number of benzene rings is 1. The first kappa shape index (κ1) is 18.1. The first-order valence-electron chi connectivity index (χ1n) is 9.60. The van der Waals surface area contributed by atoms with Crippen molar-refractivity contribution in [3.05, 3.63) is 35.7 Å². The molecule has 5 heteroatoms. The van der Waals surface area contributed by atoms with Gasteiger partial charge in [0.15, 0.2) is 0 Å². The standard InChI is InChI=1S/C20H29N3O2/c1-2-3-4-5-6-7-8-15-9-11-16(12-10-15)19-22-20(25-23-19)18-13-17(24)14-21-18/h9-12,17-18,21,24H,2-8,13-14H2,1H3/t17-,18-/m0/s1. The minimum atomic E-state index is -0.332. The molecule has 0 unspecified atom stereocenters. The lowest BCUT2D eigenvalue weighted by molar-refractivity contribution is 0.191. The third-order valence-corrected chi connectivity index (χ3v) is 4.88. The maximum absolute atomic E-state index is 9.59. The van der Waals surface area contributed by atoms with Crippen molar-refractivity contribution < 1.29 is 9.63 Å². The summed E-state index contributed by atoms with van der Waals surface area (Å²) in [6.07, 6.45) is 9.37. The zero-order valence-electron chi connectivity index (χ0n) is 15.1. The van der Waals surface area contributed by atoms with E-state index in [0.717, 1.165) is 12.0 Å². The number of rotatable bonds is 9. The molecule has 1 fully saturated rings. The Morgan fingerprint density at radius 1 is 1.12 bits per heavy atom. The van der Waals surface area contributed by atoms with E-state index in [0.29, 0.717) is 24.7 Å². The lowest BCUT2D eigenvalue weighted by Crippen LogP contribution is -2.15. The van der Waals surface area contributed by atoms with E-state index in [4.69, 9.17) is 4.52 Å². The monoisotopic (exact) mass is 343 g/mol. The van der Waals surface area contributed by atoms with Crippen molar-refractivity contribution in [2.45, 2.75) is 70.4 Å². The summed E-state index contributed by atoms with van der Waals surface area (Å²) in [5, 5.41) is 16.9. The molecule has 2 N–H and O–H groups in total. The van der Waals surface area contributed by atoms with Gasteiger partial charge in [-0.25, -0.2) is 0 Å². The highest BCUT2D eigenvalue weighted by atomic mass is 16.5. The molecule has 1 saturated heterocycles. The van der Waals surface area contributed by atoms with E-state index in [-0.39, 0.29) is 12.1 Å². The molecule has 1 aliphatic heterocycles. The number of hydrogen-bond donors (Lipinski definition) is 2. The van der Waals surface area contributed by atoms with Crippen molar-refractivity contribution >= 4 is 0 Å². The van der Waals surface area contributed by atoms with Gasteiger partial charge in [-0.05, 0) is 24.8 Å². The van der Waals surface area contributed by atoms with Gasteiger partial charge >= 0.3 is 0 Å². The second-order valence-electron chi connectivity index (χ2n) is 7.02. The molecular formula is C20H29N3O2. The van der Waals surface area contributed by atoms with Crippen LogP contribution in [0.25, 0.3) is 11.4 Å². The van der Waals surface area contributed by atoms with Gasteiger partial charge < -0.3 is 14.9 Å². The van der Waals surface area contributed by atoms with Crippen LogP contribution in [0.3, 0.4) is 0 Å². The lowest BCUT2D eigenvalue weighted by atomic mass is 10.0. The minimum Gasteiger partial charge on any atom is -0.392 e. The number of β-amino-alcohol motifs (C(OH)–C–C–N with tert-alkyl or cyclic N) is 1. The first-order valence-corrected chi connectivity index (χ1v) is 9.60. The second kappa shape index (κ2) is 9.11. The molecule has 2 heterocycles. The molecule has 0 bridgehead atoms. The number of aryl methyl sites for hydroxylation is 1. The van der Waals surface area contributed by atoms with Crippen molar-refractivity contribution in [1.29, 1.82) is 0 Å². The quantitative estimate of drug-likeness (QED) is 0.673. The Balaban J connectivity index is 1.50. The molecule has 1 aromatic heterocycles. The van der Waals surface area contributed by atoms with Crippen molar-refractivity contribution in [2.24, 2.45) is 0 Å². The summed E-state index contributed by atoms with van der Waals surface area (Å²) < 4.78 is 5.36. The van der Waals surface area contributed by atoms with E-state index in [9.17, 15) is 5.11 Å². The van der Waals surface area contributed by atoms with E-state index >= 15 is 0 Å². The average Bonchev–Trinajstić information content (AvgIpc) is 3.27. The summed E-state index contributed by atoms with van der Waals surface area (Å²) >= 11 is 0. The molecule has 2 aromatic rings. The van der Waals surface area contributed by atoms with Crippen LogP contribution >= 0.6 is 0 Å². The fraction of sp³-hybridized carbons (Fsp3) is 0.600. The second-order valence-corrected chi connectivity index (χ2v) is 7.02. The van der Waals surface area contributed by atoms with Gasteiger partial charge in [0.2, 0.25) is 11.7 Å². The summed E-state index contributed by atoms with van der Waals surface area (Å²) in [6.45, 7) is 2.83. The molecule has 0 spiro atoms. The molecule has 0 radical (unpaired) electrons. The zero-order chi connectivity index (χ0) is 17.5. The Bertz CT molecular complexity index is 639. The highest BCUT2D eigenvalue weighted by Crippen LogP contribution is 2.25. The number of aliphatic hydroxyl groups is 1. The van der Waals surface area contributed by atoms with Crippen LogP contribution in [-0.4, -0.2) is 27.9 Å². The molecule has 5 nitrogen and oxygen atoms in total. The molecule has 1 aromatic carbocycles. The van der Waals surface area contributed by atoms with Gasteiger partial charge in [-0.1, -0.05) is 68.4 Å². The molecule has 136 valence electrons. The molecule has 2 atom stereocenters. The van der Waals surface area contributed by atoms with Crippen LogP contribution in [0.15, 0.2) is 28.8 Å². The molecule has 0 amide bonds. The molecular weight excluding hydrogens is 314 g/mol. The Kier molecular flexibility index (Phi) is 6.59. The molecule has 0 saturated carbocycles. The Hall–Kier alpha value is -1.72. The Morgan fingerprint density at radius 2 is 1.88 bits per heavy atom. The van der Waals surface area contributed by atoms with E-state index in [1.54, 1.807) is 0 Å². The number of nitrogens with zero attached hydrogens (tertiary/aromatic N) is 2. The van der Waals surface area contributed by atoms with E-state index in [2.05, 4.69) is 46.6 Å². The topological polar surface area (TPSA) is 71.2 Å². The third-order valence-electron chi connectivity index (χ3n) is 4.88. The van der Waals surface area contributed by atoms with Crippen LogP contribution in [0.5, 0.6) is 0 Å². The number of unbranched alkanes of at least 4 members (excludes halogenated alkanes) is 5. The summed E-state index contributed by atoms with van der Waals surface area (Å²) in [5.74, 6) is 1.17. The van der Waals surface area contributed by atoms with Gasteiger partial charge in [0, 0.05) is 12.1 Å². The van der Waals surface area contributed by atoms with Crippen LogP contribution in [0.4, 0.5) is 0 Å². The van der Waals surface area contributed by atoms with Gasteiger partial charge in [0.05, 0.1) is 12.1 Å². The summed E-state index contributed by atoms with van der Waals surface area (Å²) in [5.41, 5.74) is 2.34. The van der Waals surface area contributed by atoms with Gasteiger partial charge in [-0.15, -0.1) is 0 Å². The first-order chi connectivity index (χ1) is 12.3. The zero-order valence-corrected chi connectivity index (χ0v) is 15.1. The predicted molar refractivity (Wildman–Crippen MR) is 98.2 cm³/mol. The molecule has 25 heavy (non-hydrogen) atoms. The third kappa shape index (κ3) is 5.13. The van der Waals surface area contributed by atoms with Crippen molar-refractivity contribution in [1.82, 2.24) is 15.5 Å². The van der Waals surface area contributed by atoms with E-state index in [1.807, 2.05) is 0 Å². The number of aliphatic hydroxyl groups excluding tert-OH is 1. The van der Waals surface area contributed by atoms with Gasteiger partial charge in [0.25, 0.3) is 0 Å². The van der Waals surface area contributed by atoms with Crippen LogP contribution in [0.1, 0.15) is 69.4 Å². The average molecular weight is 343 g/mol. The normalized spacial score (nSPS) is 20.2. The molecule has 0 aliphatic carbocycles. The van der Waals surface area contributed by atoms with Crippen LogP contribution in [0, 0.1) is 0 Å². The highest BCUT2D eigenvalue weighted by Gasteiger charge is 2.28. The predicted octanol–water partition coefficient (Wildman–Crippen LogP) is 4.03. The maximum atomic E-state index is 9.59. The van der Waals surface area contributed by atoms with Gasteiger partial charge in [0.1, 0.15) is 0 Å². The van der Waals surface area contributed by atoms with Crippen LogP contribution < -0.4 is 5.32 Å². The van der Waals surface area contributed by atoms with E-state index in [1.165, 1.54) is 44.1 Å². The largest absolute Gasteiger partial charge is 0.392 e. The Morgan fingerprint density at radius 3 is 2.60 bits per heavy atom. The van der Waals surface area contributed by atoms with Gasteiger partial charge in [-0.2, -0.15) is 4.98 Å². The Labute approximate surface area is 149 Å². The van der Waals surface area contributed by atoms with Crippen LogP contribution in [-0.2, 0) is 6.42 Å². The minimum absolute atomic E-state index is 0.0387. The highest BCUT2D eigenvalue weighted by molar-refractivity contribution is 5.54. The van der Waals surface area contributed by atoms with Gasteiger partial charge in [-0.3, -0.25) is 0 Å². The van der Waals surface area contributed by atoms with Crippen LogP contribution in [0.2, 0.25) is 0 Å². The van der Waals surface area contributed by atoms with Crippen molar-refractivity contribution in [3.8, 4) is 11.4 Å². The van der Waals surface area contributed by atoms with Crippen molar-refractivity contribution in [3.63, 3.8) is 0 Å². The fourth-order valence-corrected chi connectivity index (χ4v) is 3.33. The SMILES string of the molecule is CCCCCCCCc1ccc(-c2noc([C@@H]3C[C@H](O)CN3)n2)cc1. The van der Waals surface area contributed by atoms with Crippen molar-refractivity contribution in [2.75, 3.05) is 6.54 Å². The summed E-state index contributed by atoms with van der Waals surface area (Å²) in [4.78, 5) is 4.48. The lowest BCUT2D eigenvalue weighted by Gasteiger charge is -2.03. The summed E-state index contributed by atoms with van der Waals surface area (Å²) in [6, 6.07) is 8.42. The van der Waals surface area contributed by atoms with E-state index < -0.39 is 0 Å². The number of aromatic nitrogens is 2. The molecule has 1 aliphatic rings. The molecule has 3 rings (SSSR count). The number of hydrogen-bond acceptors (Lipinski definition) is 5.